The largest absolute Gasteiger partial charge is 0.497 e. The van der Waals surface area contributed by atoms with E-state index in [1.54, 1.807) is 7.11 Å². The molecule has 0 saturated heterocycles. The Bertz CT molecular complexity index is 788. The van der Waals surface area contributed by atoms with Gasteiger partial charge in [0.05, 0.1) is 18.3 Å². The molecule has 0 aliphatic rings. The summed E-state index contributed by atoms with van der Waals surface area (Å²) in [6, 6.07) is 13.9. The number of nitrogen functional groups attached to an aromatic ring is 1. The Kier molecular flexibility index (Phi) is 3.75. The van der Waals surface area contributed by atoms with E-state index < -0.39 is 0 Å². The van der Waals surface area contributed by atoms with Crippen LogP contribution in [0.3, 0.4) is 0 Å². The highest BCUT2D eigenvalue weighted by atomic mass is 16.5. The smallest absolute Gasteiger partial charge is 0.141 e. The maximum Gasteiger partial charge on any atom is 0.141 e. The van der Waals surface area contributed by atoms with E-state index in [0.717, 1.165) is 40.4 Å². The van der Waals surface area contributed by atoms with Gasteiger partial charge in [0.15, 0.2) is 0 Å². The van der Waals surface area contributed by atoms with E-state index >= 15 is 0 Å². The highest BCUT2D eigenvalue weighted by molar-refractivity contribution is 5.90. The van der Waals surface area contributed by atoms with Crippen LogP contribution in [0.4, 0.5) is 5.69 Å². The molecule has 0 bridgehead atoms. The van der Waals surface area contributed by atoms with Gasteiger partial charge in [0.2, 0.25) is 0 Å². The molecule has 0 spiro atoms. The van der Waals surface area contributed by atoms with E-state index in [0.29, 0.717) is 5.92 Å². The lowest BCUT2D eigenvalue weighted by atomic mass is 10.2. The minimum atomic E-state index is 0.524. The number of rotatable bonds is 4. The van der Waals surface area contributed by atoms with E-state index in [4.69, 9.17) is 15.5 Å². The first-order valence-corrected chi connectivity index (χ1v) is 7.49. The molecular weight excluding hydrogens is 274 g/mol. The van der Waals surface area contributed by atoms with Gasteiger partial charge in [0.25, 0.3) is 0 Å². The Morgan fingerprint density at radius 2 is 1.86 bits per heavy atom. The third kappa shape index (κ3) is 2.52. The van der Waals surface area contributed by atoms with Crippen LogP contribution in [0, 0.1) is 5.92 Å². The first kappa shape index (κ1) is 14.4. The van der Waals surface area contributed by atoms with Crippen molar-refractivity contribution < 1.29 is 4.74 Å². The zero-order valence-electron chi connectivity index (χ0n) is 13.2. The van der Waals surface area contributed by atoms with Crippen LogP contribution >= 0.6 is 0 Å². The third-order valence-electron chi connectivity index (χ3n) is 3.71. The second kappa shape index (κ2) is 5.72. The highest BCUT2D eigenvalue weighted by Crippen LogP contribution is 2.29. The van der Waals surface area contributed by atoms with Crippen molar-refractivity contribution in [3.63, 3.8) is 0 Å². The zero-order valence-corrected chi connectivity index (χ0v) is 13.2. The maximum atomic E-state index is 6.10. The molecule has 2 N–H and O–H groups in total. The number of benzene rings is 2. The Labute approximate surface area is 130 Å². The Morgan fingerprint density at radius 1 is 1.14 bits per heavy atom. The molecule has 0 saturated carbocycles. The SMILES string of the molecule is COc1ccc(-c2nc3c(N)cccc3n2CC(C)C)cc1. The maximum absolute atomic E-state index is 6.10. The average molecular weight is 295 g/mol. The van der Waals surface area contributed by atoms with Gasteiger partial charge >= 0.3 is 0 Å². The summed E-state index contributed by atoms with van der Waals surface area (Å²) in [4.78, 5) is 4.79. The van der Waals surface area contributed by atoms with Gasteiger partial charge in [0, 0.05) is 12.1 Å². The number of nitrogens with zero attached hydrogens (tertiary/aromatic N) is 2. The minimum Gasteiger partial charge on any atom is -0.497 e. The van der Waals surface area contributed by atoms with Crippen LogP contribution in [0.2, 0.25) is 0 Å². The molecule has 1 heterocycles. The Morgan fingerprint density at radius 3 is 2.50 bits per heavy atom. The first-order chi connectivity index (χ1) is 10.6. The fourth-order valence-electron chi connectivity index (χ4n) is 2.68. The van der Waals surface area contributed by atoms with Gasteiger partial charge < -0.3 is 15.0 Å². The number of fused-ring (bicyclic) bond motifs is 1. The molecule has 0 aliphatic heterocycles. The van der Waals surface area contributed by atoms with E-state index in [2.05, 4.69) is 24.5 Å². The van der Waals surface area contributed by atoms with Gasteiger partial charge in [-0.25, -0.2) is 4.98 Å². The van der Waals surface area contributed by atoms with Crippen molar-refractivity contribution in [2.75, 3.05) is 12.8 Å². The third-order valence-corrected chi connectivity index (χ3v) is 3.71. The monoisotopic (exact) mass is 295 g/mol. The summed E-state index contributed by atoms with van der Waals surface area (Å²) in [5, 5.41) is 0. The van der Waals surface area contributed by atoms with Gasteiger partial charge in [-0.15, -0.1) is 0 Å². The zero-order chi connectivity index (χ0) is 15.7. The summed E-state index contributed by atoms with van der Waals surface area (Å²) >= 11 is 0. The number of aromatic nitrogens is 2. The number of hydrogen-bond acceptors (Lipinski definition) is 3. The molecule has 0 atom stereocenters. The van der Waals surface area contributed by atoms with Crippen LogP contribution in [-0.4, -0.2) is 16.7 Å². The van der Waals surface area contributed by atoms with Crippen molar-refractivity contribution in [3.8, 4) is 17.1 Å². The molecule has 0 amide bonds. The van der Waals surface area contributed by atoms with Gasteiger partial charge in [-0.1, -0.05) is 19.9 Å². The van der Waals surface area contributed by atoms with Crippen LogP contribution in [-0.2, 0) is 6.54 Å². The lowest BCUT2D eigenvalue weighted by Crippen LogP contribution is -2.06. The molecule has 114 valence electrons. The average Bonchev–Trinajstić information content (AvgIpc) is 2.87. The summed E-state index contributed by atoms with van der Waals surface area (Å²) in [6.45, 7) is 5.31. The summed E-state index contributed by atoms with van der Waals surface area (Å²) in [7, 11) is 1.67. The fraction of sp³-hybridized carbons (Fsp3) is 0.278. The molecule has 22 heavy (non-hydrogen) atoms. The number of hydrogen-bond donors (Lipinski definition) is 1. The molecule has 1 aromatic heterocycles. The van der Waals surface area contributed by atoms with Gasteiger partial charge in [-0.3, -0.25) is 0 Å². The van der Waals surface area contributed by atoms with Crippen LogP contribution in [0.5, 0.6) is 5.75 Å². The molecule has 4 nitrogen and oxygen atoms in total. The van der Waals surface area contributed by atoms with Crippen LogP contribution in [0.15, 0.2) is 42.5 Å². The molecule has 3 aromatic rings. The van der Waals surface area contributed by atoms with E-state index in [-0.39, 0.29) is 0 Å². The van der Waals surface area contributed by atoms with Gasteiger partial charge in [0.1, 0.15) is 17.1 Å². The van der Waals surface area contributed by atoms with E-state index in [9.17, 15) is 0 Å². The summed E-state index contributed by atoms with van der Waals surface area (Å²) in [5.41, 5.74) is 9.83. The van der Waals surface area contributed by atoms with Gasteiger partial charge in [-0.2, -0.15) is 0 Å². The van der Waals surface area contributed by atoms with Crippen LogP contribution < -0.4 is 10.5 Å². The van der Waals surface area contributed by atoms with E-state index in [1.807, 2.05) is 36.4 Å². The predicted molar refractivity (Wildman–Crippen MR) is 91.0 cm³/mol. The summed E-state index contributed by atoms with van der Waals surface area (Å²) < 4.78 is 7.48. The minimum absolute atomic E-state index is 0.524. The highest BCUT2D eigenvalue weighted by Gasteiger charge is 2.15. The molecule has 0 unspecified atom stereocenters. The van der Waals surface area contributed by atoms with Crippen molar-refractivity contribution in [2.24, 2.45) is 5.92 Å². The molecule has 2 aromatic carbocycles. The summed E-state index contributed by atoms with van der Waals surface area (Å²) in [6.07, 6.45) is 0. The van der Waals surface area contributed by atoms with Crippen molar-refractivity contribution in [2.45, 2.75) is 20.4 Å². The van der Waals surface area contributed by atoms with Crippen LogP contribution in [0.25, 0.3) is 22.4 Å². The quantitative estimate of drug-likeness (QED) is 0.741. The number of anilines is 1. The predicted octanol–water partition coefficient (Wildman–Crippen LogP) is 3.95. The lowest BCUT2D eigenvalue weighted by molar-refractivity contribution is 0.415. The standard InChI is InChI=1S/C18H21N3O/c1-12(2)11-21-16-6-4-5-15(19)17(16)20-18(21)13-7-9-14(22-3)10-8-13/h4-10,12H,11,19H2,1-3H3. The molecule has 0 radical (unpaired) electrons. The van der Waals surface area contributed by atoms with Crippen molar-refractivity contribution in [1.29, 1.82) is 0 Å². The summed E-state index contributed by atoms with van der Waals surface area (Å²) in [5.74, 6) is 2.31. The van der Waals surface area contributed by atoms with Crippen LogP contribution in [0.1, 0.15) is 13.8 Å². The molecule has 0 aliphatic carbocycles. The molecule has 0 fully saturated rings. The van der Waals surface area contributed by atoms with Crippen molar-refractivity contribution >= 4 is 16.7 Å². The fourth-order valence-corrected chi connectivity index (χ4v) is 2.68. The number of methoxy groups -OCH3 is 1. The molecule has 3 rings (SSSR count). The topological polar surface area (TPSA) is 53.1 Å². The number of imidazole rings is 1. The Balaban J connectivity index is 2.20. The second-order valence-electron chi connectivity index (χ2n) is 5.88. The van der Waals surface area contributed by atoms with E-state index in [1.165, 1.54) is 0 Å². The first-order valence-electron chi connectivity index (χ1n) is 7.49. The number of nitrogens with two attached hydrogens (primary N) is 1. The second-order valence-corrected chi connectivity index (χ2v) is 5.88. The number of ether oxygens (including phenoxy) is 1. The molecule has 4 heteroatoms. The van der Waals surface area contributed by atoms with Gasteiger partial charge in [-0.05, 0) is 42.3 Å². The van der Waals surface area contributed by atoms with Crippen molar-refractivity contribution in [3.05, 3.63) is 42.5 Å². The normalized spacial score (nSPS) is 11.3. The number of para-hydroxylation sites is 1. The lowest BCUT2D eigenvalue weighted by Gasteiger charge is -2.12. The molecular formula is C18H21N3O. The Hall–Kier alpha value is -2.49. The van der Waals surface area contributed by atoms with Crippen molar-refractivity contribution in [1.82, 2.24) is 9.55 Å².